The van der Waals surface area contributed by atoms with Gasteiger partial charge >= 0.3 is 0 Å². The van der Waals surface area contributed by atoms with Crippen LogP contribution in [-0.2, 0) is 9.05 Å². The molecule has 0 atom stereocenters. The maximum atomic E-state index is 13.7. The van der Waals surface area contributed by atoms with Crippen molar-refractivity contribution in [2.24, 2.45) is 5.92 Å². The summed E-state index contributed by atoms with van der Waals surface area (Å²) in [6.07, 6.45) is 5.46. The standard InChI is InChI=1S/C13H15ClF2O3S/c14-20(17,18)11-7-6-10(12(15)13(11)16)19-8-9-4-2-1-3-5-9/h6-7,9H,1-5,8H2. The average molecular weight is 325 g/mol. The van der Waals surface area contributed by atoms with E-state index in [4.69, 9.17) is 15.4 Å². The Labute approximate surface area is 121 Å². The van der Waals surface area contributed by atoms with Crippen LogP contribution in [-0.4, -0.2) is 15.0 Å². The Bertz CT molecular complexity index is 584. The van der Waals surface area contributed by atoms with Gasteiger partial charge in [-0.25, -0.2) is 12.8 Å². The van der Waals surface area contributed by atoms with Crippen LogP contribution in [0.15, 0.2) is 17.0 Å². The van der Waals surface area contributed by atoms with Crippen molar-refractivity contribution in [3.8, 4) is 5.75 Å². The normalized spacial score (nSPS) is 17.1. The van der Waals surface area contributed by atoms with E-state index in [0.29, 0.717) is 12.5 Å². The first kappa shape index (κ1) is 15.5. The number of ether oxygens (including phenoxy) is 1. The van der Waals surface area contributed by atoms with Gasteiger partial charge in [0.15, 0.2) is 11.6 Å². The summed E-state index contributed by atoms with van der Waals surface area (Å²) in [6.45, 7) is 0.309. The third-order valence-electron chi connectivity index (χ3n) is 3.47. The van der Waals surface area contributed by atoms with E-state index in [0.717, 1.165) is 37.8 Å². The van der Waals surface area contributed by atoms with Gasteiger partial charge in [-0.2, -0.15) is 4.39 Å². The summed E-state index contributed by atoms with van der Waals surface area (Å²) in [5.41, 5.74) is 0. The lowest BCUT2D eigenvalue weighted by Gasteiger charge is -2.21. The van der Waals surface area contributed by atoms with Crippen LogP contribution in [0.25, 0.3) is 0 Å². The first-order valence-corrected chi connectivity index (χ1v) is 8.76. The van der Waals surface area contributed by atoms with E-state index in [1.807, 2.05) is 0 Å². The van der Waals surface area contributed by atoms with Crippen molar-refractivity contribution in [1.29, 1.82) is 0 Å². The molecule has 7 heteroatoms. The molecule has 1 fully saturated rings. The monoisotopic (exact) mass is 324 g/mol. The van der Waals surface area contributed by atoms with E-state index in [-0.39, 0.29) is 5.75 Å². The van der Waals surface area contributed by atoms with Crippen LogP contribution in [0.2, 0.25) is 0 Å². The van der Waals surface area contributed by atoms with Crippen molar-refractivity contribution in [2.75, 3.05) is 6.61 Å². The molecule has 0 bridgehead atoms. The van der Waals surface area contributed by atoms with Gasteiger partial charge in [-0.05, 0) is 30.9 Å². The Kier molecular flexibility index (Phi) is 4.86. The third kappa shape index (κ3) is 3.61. The Morgan fingerprint density at radius 1 is 1.15 bits per heavy atom. The molecule has 0 spiro atoms. The summed E-state index contributed by atoms with van der Waals surface area (Å²) in [5.74, 6) is -2.76. The summed E-state index contributed by atoms with van der Waals surface area (Å²) in [6, 6.07) is 2.01. The van der Waals surface area contributed by atoms with Crippen molar-refractivity contribution in [1.82, 2.24) is 0 Å². The van der Waals surface area contributed by atoms with Gasteiger partial charge in [0.05, 0.1) is 6.61 Å². The van der Waals surface area contributed by atoms with Crippen molar-refractivity contribution in [3.63, 3.8) is 0 Å². The summed E-state index contributed by atoms with van der Waals surface area (Å²) in [7, 11) is 0.705. The zero-order valence-corrected chi connectivity index (χ0v) is 12.3. The molecule has 0 radical (unpaired) electrons. The van der Waals surface area contributed by atoms with Gasteiger partial charge in [-0.15, -0.1) is 0 Å². The minimum Gasteiger partial charge on any atom is -0.490 e. The van der Waals surface area contributed by atoms with E-state index in [2.05, 4.69) is 0 Å². The van der Waals surface area contributed by atoms with Crippen molar-refractivity contribution >= 4 is 19.7 Å². The van der Waals surface area contributed by atoms with Gasteiger partial charge in [-0.1, -0.05) is 19.3 Å². The van der Waals surface area contributed by atoms with Crippen molar-refractivity contribution < 1.29 is 21.9 Å². The summed E-state index contributed by atoms with van der Waals surface area (Å²) in [5, 5.41) is 0. The molecular formula is C13H15ClF2O3S. The summed E-state index contributed by atoms with van der Waals surface area (Å²) < 4.78 is 54.7. The molecule has 3 nitrogen and oxygen atoms in total. The zero-order chi connectivity index (χ0) is 14.8. The second-order valence-electron chi connectivity index (χ2n) is 4.94. The zero-order valence-electron chi connectivity index (χ0n) is 10.7. The second kappa shape index (κ2) is 6.26. The maximum absolute atomic E-state index is 13.7. The molecular weight excluding hydrogens is 310 g/mol. The van der Waals surface area contributed by atoms with Crippen LogP contribution in [0.5, 0.6) is 5.75 Å². The summed E-state index contributed by atoms with van der Waals surface area (Å²) >= 11 is 0. The predicted molar refractivity (Wildman–Crippen MR) is 71.5 cm³/mol. The number of benzene rings is 1. The van der Waals surface area contributed by atoms with Gasteiger partial charge in [0.25, 0.3) is 9.05 Å². The van der Waals surface area contributed by atoms with Crippen molar-refractivity contribution in [3.05, 3.63) is 23.8 Å². The Hall–Kier alpha value is -0.880. The molecule has 0 heterocycles. The van der Waals surface area contributed by atoms with E-state index in [1.54, 1.807) is 0 Å². The smallest absolute Gasteiger partial charge is 0.264 e. The molecule has 20 heavy (non-hydrogen) atoms. The lowest BCUT2D eigenvalue weighted by atomic mass is 9.90. The SMILES string of the molecule is O=S(=O)(Cl)c1ccc(OCC2CCCCC2)c(F)c1F. The fourth-order valence-electron chi connectivity index (χ4n) is 2.38. The number of halogens is 3. The molecule has 0 saturated heterocycles. The van der Waals surface area contributed by atoms with E-state index in [1.165, 1.54) is 6.42 Å². The molecule has 1 aliphatic carbocycles. The van der Waals surface area contributed by atoms with Crippen LogP contribution in [0, 0.1) is 17.6 Å². The lowest BCUT2D eigenvalue weighted by Crippen LogP contribution is -2.16. The number of hydrogen-bond acceptors (Lipinski definition) is 3. The quantitative estimate of drug-likeness (QED) is 0.790. The predicted octanol–water partition coefficient (Wildman–Crippen LogP) is 3.85. The first-order valence-electron chi connectivity index (χ1n) is 6.45. The summed E-state index contributed by atoms with van der Waals surface area (Å²) in [4.78, 5) is -0.873. The van der Waals surface area contributed by atoms with Gasteiger partial charge in [0.2, 0.25) is 5.82 Å². The lowest BCUT2D eigenvalue weighted by molar-refractivity contribution is 0.200. The molecule has 1 saturated carbocycles. The van der Waals surface area contributed by atoms with Gasteiger partial charge < -0.3 is 4.74 Å². The van der Waals surface area contributed by atoms with E-state index in [9.17, 15) is 17.2 Å². The Morgan fingerprint density at radius 3 is 2.40 bits per heavy atom. The second-order valence-corrected chi connectivity index (χ2v) is 7.48. The van der Waals surface area contributed by atoms with Crippen LogP contribution >= 0.6 is 10.7 Å². The highest BCUT2D eigenvalue weighted by Crippen LogP contribution is 2.29. The first-order chi connectivity index (χ1) is 9.39. The van der Waals surface area contributed by atoms with Crippen LogP contribution in [0.3, 0.4) is 0 Å². The maximum Gasteiger partial charge on any atom is 0.264 e. The molecule has 1 aliphatic rings. The van der Waals surface area contributed by atoms with Gasteiger partial charge in [0, 0.05) is 10.7 Å². The van der Waals surface area contributed by atoms with Crippen LogP contribution in [0.4, 0.5) is 8.78 Å². The Morgan fingerprint density at radius 2 is 1.80 bits per heavy atom. The highest BCUT2D eigenvalue weighted by molar-refractivity contribution is 8.13. The molecule has 112 valence electrons. The molecule has 0 aromatic heterocycles. The molecule has 1 aromatic carbocycles. The topological polar surface area (TPSA) is 43.4 Å². The fourth-order valence-corrected chi connectivity index (χ4v) is 3.27. The van der Waals surface area contributed by atoms with Gasteiger partial charge in [-0.3, -0.25) is 0 Å². The van der Waals surface area contributed by atoms with Crippen LogP contribution in [0.1, 0.15) is 32.1 Å². The van der Waals surface area contributed by atoms with Gasteiger partial charge in [0.1, 0.15) is 4.90 Å². The molecule has 0 unspecified atom stereocenters. The number of hydrogen-bond donors (Lipinski definition) is 0. The molecule has 0 aliphatic heterocycles. The fraction of sp³-hybridized carbons (Fsp3) is 0.538. The Balaban J connectivity index is 2.11. The molecule has 1 aromatic rings. The largest absolute Gasteiger partial charge is 0.490 e. The van der Waals surface area contributed by atoms with Crippen LogP contribution < -0.4 is 4.74 Å². The molecule has 2 rings (SSSR count). The third-order valence-corrected chi connectivity index (χ3v) is 4.81. The minimum atomic E-state index is -4.31. The van der Waals surface area contributed by atoms with E-state index < -0.39 is 25.6 Å². The minimum absolute atomic E-state index is 0.280. The van der Waals surface area contributed by atoms with Crippen molar-refractivity contribution in [2.45, 2.75) is 37.0 Å². The molecule has 0 amide bonds. The highest BCUT2D eigenvalue weighted by atomic mass is 35.7. The van der Waals surface area contributed by atoms with E-state index >= 15 is 0 Å². The highest BCUT2D eigenvalue weighted by Gasteiger charge is 2.23. The molecule has 0 N–H and O–H groups in total. The number of rotatable bonds is 4. The average Bonchev–Trinajstić information content (AvgIpc) is 2.40.